The molecule has 3 aromatic rings. The molecular weight excluding hydrogens is 466 g/mol. The van der Waals surface area contributed by atoms with Crippen LogP contribution in [0.2, 0.25) is 0 Å². The van der Waals surface area contributed by atoms with Crippen LogP contribution in [-0.4, -0.2) is 33.4 Å². The lowest BCUT2D eigenvalue weighted by molar-refractivity contribution is -0.123. The predicted octanol–water partition coefficient (Wildman–Crippen LogP) is 4.28. The molecule has 0 saturated carbocycles. The van der Waals surface area contributed by atoms with Crippen LogP contribution in [0, 0.1) is 18.6 Å². The summed E-state index contributed by atoms with van der Waals surface area (Å²) in [5.74, 6) is -3.58. The van der Waals surface area contributed by atoms with Crippen molar-refractivity contribution in [1.82, 2.24) is 0 Å². The van der Waals surface area contributed by atoms with Gasteiger partial charge in [0.1, 0.15) is 11.6 Å². The SMILES string of the molecule is Cc1ccc(N(C)S(=O)(=O)c2cccc(C(=O)OC(C)C(=O)Nc3ccc(F)cc3F)c2)cc1. The fraction of sp³-hybridized carbons (Fsp3) is 0.167. The molecule has 3 aromatic carbocycles. The first-order chi connectivity index (χ1) is 16.0. The number of sulfonamides is 1. The van der Waals surface area contributed by atoms with Crippen LogP contribution >= 0.6 is 0 Å². The van der Waals surface area contributed by atoms with E-state index in [0.29, 0.717) is 11.8 Å². The molecular formula is C24H22F2N2O5S. The molecule has 0 aliphatic heterocycles. The maximum absolute atomic E-state index is 13.7. The lowest BCUT2D eigenvalue weighted by atomic mass is 10.2. The quantitative estimate of drug-likeness (QED) is 0.501. The number of esters is 1. The van der Waals surface area contributed by atoms with Crippen molar-refractivity contribution in [3.63, 3.8) is 0 Å². The van der Waals surface area contributed by atoms with Crippen molar-refractivity contribution in [3.05, 3.63) is 89.5 Å². The van der Waals surface area contributed by atoms with Gasteiger partial charge in [-0.1, -0.05) is 23.8 Å². The molecule has 178 valence electrons. The lowest BCUT2D eigenvalue weighted by Crippen LogP contribution is -2.30. The fourth-order valence-corrected chi connectivity index (χ4v) is 4.18. The molecule has 0 bridgehead atoms. The van der Waals surface area contributed by atoms with Gasteiger partial charge in [0.25, 0.3) is 15.9 Å². The molecule has 0 heterocycles. The maximum atomic E-state index is 13.7. The van der Waals surface area contributed by atoms with Crippen molar-refractivity contribution < 1.29 is 31.5 Å². The third-order valence-electron chi connectivity index (χ3n) is 4.97. The smallest absolute Gasteiger partial charge is 0.338 e. The van der Waals surface area contributed by atoms with E-state index in [9.17, 15) is 26.8 Å². The van der Waals surface area contributed by atoms with Crippen LogP contribution in [0.4, 0.5) is 20.2 Å². The fourth-order valence-electron chi connectivity index (χ4n) is 2.94. The molecule has 34 heavy (non-hydrogen) atoms. The van der Waals surface area contributed by atoms with Gasteiger partial charge in [-0.2, -0.15) is 0 Å². The summed E-state index contributed by atoms with van der Waals surface area (Å²) >= 11 is 0. The minimum atomic E-state index is -3.98. The number of nitrogens with one attached hydrogen (secondary N) is 1. The maximum Gasteiger partial charge on any atom is 0.338 e. The molecule has 1 unspecified atom stereocenters. The predicted molar refractivity (Wildman–Crippen MR) is 123 cm³/mol. The minimum Gasteiger partial charge on any atom is -0.449 e. The van der Waals surface area contributed by atoms with Crippen LogP contribution in [0.15, 0.2) is 71.6 Å². The molecule has 0 spiro atoms. The van der Waals surface area contributed by atoms with E-state index in [1.807, 2.05) is 6.92 Å². The Morgan fingerprint density at radius 3 is 2.32 bits per heavy atom. The average Bonchev–Trinajstić information content (AvgIpc) is 2.80. The van der Waals surface area contributed by atoms with Gasteiger partial charge in [0.2, 0.25) is 0 Å². The molecule has 10 heteroatoms. The zero-order valence-electron chi connectivity index (χ0n) is 18.6. The molecule has 1 atom stereocenters. The molecule has 0 saturated heterocycles. The molecule has 0 aliphatic carbocycles. The highest BCUT2D eigenvalue weighted by Gasteiger charge is 2.24. The zero-order chi connectivity index (χ0) is 25.0. The number of ether oxygens (including phenoxy) is 1. The highest BCUT2D eigenvalue weighted by Crippen LogP contribution is 2.23. The van der Waals surface area contributed by atoms with E-state index in [1.54, 1.807) is 24.3 Å². The average molecular weight is 489 g/mol. The number of nitrogens with zero attached hydrogens (tertiary/aromatic N) is 1. The van der Waals surface area contributed by atoms with Crippen molar-refractivity contribution in [2.75, 3.05) is 16.7 Å². The Labute approximate surface area is 196 Å². The van der Waals surface area contributed by atoms with Crippen LogP contribution in [0.3, 0.4) is 0 Å². The lowest BCUT2D eigenvalue weighted by Gasteiger charge is -2.20. The van der Waals surface area contributed by atoms with E-state index < -0.39 is 39.6 Å². The molecule has 1 amide bonds. The topological polar surface area (TPSA) is 92.8 Å². The third kappa shape index (κ3) is 5.57. The summed E-state index contributed by atoms with van der Waals surface area (Å²) in [4.78, 5) is 24.7. The molecule has 1 N–H and O–H groups in total. The number of halogens is 2. The summed E-state index contributed by atoms with van der Waals surface area (Å²) in [6, 6.07) is 14.7. The normalized spacial score (nSPS) is 12.0. The Morgan fingerprint density at radius 1 is 1.00 bits per heavy atom. The Bertz CT molecular complexity index is 1330. The Morgan fingerprint density at radius 2 is 1.68 bits per heavy atom. The number of amides is 1. The molecule has 0 aromatic heterocycles. The van der Waals surface area contributed by atoms with Crippen molar-refractivity contribution in [2.24, 2.45) is 0 Å². The molecule has 7 nitrogen and oxygen atoms in total. The number of hydrogen-bond acceptors (Lipinski definition) is 5. The summed E-state index contributed by atoms with van der Waals surface area (Å²) in [5.41, 5.74) is 1.05. The van der Waals surface area contributed by atoms with Gasteiger partial charge in [-0.05, 0) is 56.3 Å². The summed E-state index contributed by atoms with van der Waals surface area (Å²) in [5, 5.41) is 2.21. The van der Waals surface area contributed by atoms with E-state index in [2.05, 4.69) is 5.32 Å². The van der Waals surface area contributed by atoms with Gasteiger partial charge in [0.15, 0.2) is 6.10 Å². The summed E-state index contributed by atoms with van der Waals surface area (Å²) in [6.45, 7) is 3.14. The summed E-state index contributed by atoms with van der Waals surface area (Å²) in [7, 11) is -2.59. The van der Waals surface area contributed by atoms with Crippen molar-refractivity contribution in [2.45, 2.75) is 24.8 Å². The monoisotopic (exact) mass is 488 g/mol. The Kier molecular flexibility index (Phi) is 7.31. The van der Waals surface area contributed by atoms with Gasteiger partial charge in [0.05, 0.1) is 21.8 Å². The minimum absolute atomic E-state index is 0.0917. The van der Waals surface area contributed by atoms with Crippen molar-refractivity contribution >= 4 is 33.3 Å². The van der Waals surface area contributed by atoms with E-state index in [1.165, 1.54) is 32.2 Å². The van der Waals surface area contributed by atoms with Gasteiger partial charge < -0.3 is 10.1 Å². The van der Waals surface area contributed by atoms with Crippen LogP contribution in [0.25, 0.3) is 0 Å². The number of anilines is 2. The van der Waals surface area contributed by atoms with E-state index in [4.69, 9.17) is 4.74 Å². The third-order valence-corrected chi connectivity index (χ3v) is 6.75. The highest BCUT2D eigenvalue weighted by atomic mass is 32.2. The molecule has 0 aliphatic rings. The summed E-state index contributed by atoms with van der Waals surface area (Å²) in [6.07, 6.45) is -1.34. The Balaban J connectivity index is 1.73. The largest absolute Gasteiger partial charge is 0.449 e. The summed E-state index contributed by atoms with van der Waals surface area (Å²) < 4.78 is 59.0. The van der Waals surface area contributed by atoms with Crippen LogP contribution in [0.5, 0.6) is 0 Å². The van der Waals surface area contributed by atoms with Gasteiger partial charge in [-0.15, -0.1) is 0 Å². The van der Waals surface area contributed by atoms with Crippen molar-refractivity contribution in [1.29, 1.82) is 0 Å². The number of rotatable bonds is 7. The number of aryl methyl sites for hydroxylation is 1. The van der Waals surface area contributed by atoms with E-state index in [0.717, 1.165) is 28.1 Å². The first kappa shape index (κ1) is 24.8. The molecule has 0 fully saturated rings. The molecule has 0 radical (unpaired) electrons. The second kappa shape index (κ2) is 10.0. The van der Waals surface area contributed by atoms with Crippen molar-refractivity contribution in [3.8, 4) is 0 Å². The van der Waals surface area contributed by atoms with Gasteiger partial charge in [-0.25, -0.2) is 22.0 Å². The number of benzene rings is 3. The standard InChI is InChI=1S/C24H22F2N2O5S/c1-15-7-10-19(11-8-15)28(3)34(31,32)20-6-4-5-17(13-20)24(30)33-16(2)23(29)27-22-12-9-18(25)14-21(22)26/h4-14,16H,1-3H3,(H,27,29). The number of carbonyl (C=O) groups is 2. The Hall–Kier alpha value is -3.79. The number of carbonyl (C=O) groups excluding carboxylic acids is 2. The number of hydrogen-bond donors (Lipinski definition) is 1. The van der Waals surface area contributed by atoms with Crippen LogP contribution < -0.4 is 9.62 Å². The van der Waals surface area contributed by atoms with E-state index >= 15 is 0 Å². The molecule has 3 rings (SSSR count). The van der Waals surface area contributed by atoms with Gasteiger partial charge in [-0.3, -0.25) is 9.10 Å². The zero-order valence-corrected chi connectivity index (χ0v) is 19.4. The van der Waals surface area contributed by atoms with Gasteiger partial charge >= 0.3 is 5.97 Å². The highest BCUT2D eigenvalue weighted by molar-refractivity contribution is 7.92. The second-order valence-corrected chi connectivity index (χ2v) is 9.47. The first-order valence-corrected chi connectivity index (χ1v) is 11.6. The first-order valence-electron chi connectivity index (χ1n) is 10.1. The van der Waals surface area contributed by atoms with Crippen LogP contribution in [-0.2, 0) is 19.6 Å². The van der Waals surface area contributed by atoms with Crippen LogP contribution in [0.1, 0.15) is 22.8 Å². The van der Waals surface area contributed by atoms with E-state index in [-0.39, 0.29) is 16.1 Å². The van der Waals surface area contributed by atoms with Gasteiger partial charge in [0, 0.05) is 13.1 Å². The second-order valence-electron chi connectivity index (χ2n) is 7.50.